The number of Topliss-reactive ketones (excluding diaryl/α,β-unsaturated/α-hetero) is 1. The number of rotatable bonds is 6. The van der Waals surface area contributed by atoms with Crippen LogP contribution >= 0.6 is 23.2 Å². The van der Waals surface area contributed by atoms with Gasteiger partial charge in [0.05, 0.1) is 30.0 Å². The molecule has 10 heteroatoms. The van der Waals surface area contributed by atoms with E-state index >= 15 is 0 Å². The molecule has 3 aromatic carbocycles. The van der Waals surface area contributed by atoms with Gasteiger partial charge < -0.3 is 4.90 Å². The van der Waals surface area contributed by atoms with Crippen molar-refractivity contribution in [2.24, 2.45) is 0 Å². The van der Waals surface area contributed by atoms with Crippen molar-refractivity contribution in [1.29, 1.82) is 0 Å². The second-order valence-corrected chi connectivity index (χ2v) is 9.83. The molecule has 2 amide bonds. The van der Waals surface area contributed by atoms with Crippen LogP contribution in [0, 0.1) is 0 Å². The summed E-state index contributed by atoms with van der Waals surface area (Å²) in [4.78, 5) is 41.5. The fraction of sp³-hybridized carbons (Fsp3) is 0.107. The van der Waals surface area contributed by atoms with Crippen molar-refractivity contribution in [2.75, 3.05) is 9.80 Å². The largest absolute Gasteiger partial charge is 0.301 e. The van der Waals surface area contributed by atoms with Crippen LogP contribution in [0.2, 0.25) is 10.0 Å². The lowest BCUT2D eigenvalue weighted by atomic mass is 9.92. The molecule has 8 nitrogen and oxygen atoms in total. The lowest BCUT2D eigenvalue weighted by Crippen LogP contribution is -2.61. The molecule has 2 aliphatic heterocycles. The number of ketones is 1. The van der Waals surface area contributed by atoms with E-state index in [0.29, 0.717) is 21.4 Å². The van der Waals surface area contributed by atoms with E-state index in [0.717, 1.165) is 11.3 Å². The maximum absolute atomic E-state index is 13.4. The third-order valence-electron chi connectivity index (χ3n) is 6.60. The maximum atomic E-state index is 13.4. The summed E-state index contributed by atoms with van der Waals surface area (Å²) in [6.45, 7) is 0.0333. The maximum Gasteiger partial charge on any atom is 0.299 e. The molecule has 0 aliphatic carbocycles. The predicted molar refractivity (Wildman–Crippen MR) is 144 cm³/mol. The average Bonchev–Trinajstić information content (AvgIpc) is 3.46. The summed E-state index contributed by atoms with van der Waals surface area (Å²) >= 11 is 12.1. The van der Waals surface area contributed by atoms with Gasteiger partial charge in [-0.25, -0.2) is 4.68 Å². The van der Waals surface area contributed by atoms with Crippen LogP contribution in [0.25, 0.3) is 6.08 Å². The Balaban J connectivity index is 1.28. The molecule has 1 saturated heterocycles. The van der Waals surface area contributed by atoms with E-state index in [1.807, 2.05) is 42.5 Å². The highest BCUT2D eigenvalue weighted by atomic mass is 35.5. The molecule has 0 bridgehead atoms. The minimum atomic E-state index is -0.658. The predicted octanol–water partition coefficient (Wildman–Crippen LogP) is 4.98. The lowest BCUT2D eigenvalue weighted by molar-refractivity contribution is -0.128. The third kappa shape index (κ3) is 4.17. The van der Waals surface area contributed by atoms with Gasteiger partial charge in [-0.2, -0.15) is 0 Å². The minimum Gasteiger partial charge on any atom is -0.301 e. The Morgan fingerprint density at radius 1 is 0.895 bits per heavy atom. The van der Waals surface area contributed by atoms with Crippen LogP contribution in [-0.2, 0) is 16.1 Å². The Hall–Kier alpha value is -4.27. The van der Waals surface area contributed by atoms with Crippen LogP contribution in [-0.4, -0.2) is 38.6 Å². The Morgan fingerprint density at radius 2 is 1.63 bits per heavy atom. The van der Waals surface area contributed by atoms with Gasteiger partial charge in [0.15, 0.2) is 6.04 Å². The molecule has 0 spiro atoms. The summed E-state index contributed by atoms with van der Waals surface area (Å²) in [7, 11) is 0. The summed E-state index contributed by atoms with van der Waals surface area (Å²) in [5.41, 5.74) is 2.88. The Bertz CT molecular complexity index is 1600. The normalized spacial score (nSPS) is 18.8. The van der Waals surface area contributed by atoms with Crippen LogP contribution in [0.15, 0.2) is 85.1 Å². The van der Waals surface area contributed by atoms with Crippen molar-refractivity contribution in [3.8, 4) is 0 Å². The second kappa shape index (κ2) is 9.55. The van der Waals surface area contributed by atoms with E-state index in [1.54, 1.807) is 47.5 Å². The van der Waals surface area contributed by atoms with Crippen molar-refractivity contribution in [3.63, 3.8) is 0 Å². The highest BCUT2D eigenvalue weighted by molar-refractivity contribution is 6.52. The Labute approximate surface area is 227 Å². The van der Waals surface area contributed by atoms with Crippen molar-refractivity contribution in [3.05, 3.63) is 112 Å². The number of fused-ring (bicyclic) bond motifs is 1. The number of aromatic nitrogens is 3. The molecule has 0 radical (unpaired) electrons. The quantitative estimate of drug-likeness (QED) is 0.252. The molecule has 3 heterocycles. The zero-order valence-electron chi connectivity index (χ0n) is 19.7. The molecular formula is C28H19Cl2N5O3. The van der Waals surface area contributed by atoms with Gasteiger partial charge in [0, 0.05) is 15.7 Å². The number of amides is 2. The van der Waals surface area contributed by atoms with Crippen LogP contribution in [0.5, 0.6) is 0 Å². The zero-order valence-corrected chi connectivity index (χ0v) is 21.3. The average molecular weight is 544 g/mol. The number of benzene rings is 3. The first-order valence-electron chi connectivity index (χ1n) is 11.8. The molecule has 0 saturated carbocycles. The highest BCUT2D eigenvalue weighted by Crippen LogP contribution is 2.38. The first-order chi connectivity index (χ1) is 18.4. The van der Waals surface area contributed by atoms with Gasteiger partial charge in [0.25, 0.3) is 17.6 Å². The van der Waals surface area contributed by atoms with Crippen LogP contribution in [0.3, 0.4) is 0 Å². The van der Waals surface area contributed by atoms with Crippen molar-refractivity contribution in [2.45, 2.75) is 18.6 Å². The Morgan fingerprint density at radius 3 is 2.39 bits per heavy atom. The number of nitrogens with zero attached hydrogens (tertiary/aromatic N) is 5. The Kier molecular flexibility index (Phi) is 6.06. The molecule has 38 heavy (non-hydrogen) atoms. The SMILES string of the molecule is O=C1C(=O)N(Cc2cn([C@@H]3C(=O)N(c4ccc(Cl)cc4)[C@@H]3/C=C/c3ccccc3)nn2)c2ccc(Cl)cc21. The standard InChI is InChI=1S/C28H19Cl2N5O3/c29-18-7-10-21(11-8-18)35-24(12-6-17-4-2-1-3-5-17)25(27(35)37)34-16-20(31-32-34)15-33-23-13-9-19(30)14-22(23)26(36)28(33)38/h1-14,16,24-25H,15H2/b12-6+/t24-,25+/m1/s1. The van der Waals surface area contributed by atoms with Crippen LogP contribution in [0.1, 0.15) is 27.7 Å². The van der Waals surface area contributed by atoms with E-state index < -0.39 is 17.7 Å². The van der Waals surface area contributed by atoms with E-state index in [2.05, 4.69) is 10.3 Å². The third-order valence-corrected chi connectivity index (χ3v) is 7.09. The summed E-state index contributed by atoms with van der Waals surface area (Å²) in [5, 5.41) is 9.37. The van der Waals surface area contributed by atoms with E-state index in [1.165, 1.54) is 15.6 Å². The molecule has 1 fully saturated rings. The fourth-order valence-electron chi connectivity index (χ4n) is 4.74. The molecule has 2 atom stereocenters. The van der Waals surface area contributed by atoms with Gasteiger partial charge in [0.2, 0.25) is 0 Å². The minimum absolute atomic E-state index is 0.0333. The fourth-order valence-corrected chi connectivity index (χ4v) is 5.04. The lowest BCUT2D eigenvalue weighted by Gasteiger charge is -2.45. The number of carbonyl (C=O) groups is 3. The molecule has 1 aromatic heterocycles. The summed E-state index contributed by atoms with van der Waals surface area (Å²) in [6, 6.07) is 20.6. The number of halogens is 2. The van der Waals surface area contributed by atoms with Crippen molar-refractivity contribution >= 4 is 58.3 Å². The molecule has 0 unspecified atom stereocenters. The monoisotopic (exact) mass is 543 g/mol. The zero-order chi connectivity index (χ0) is 26.4. The number of β-lactam (4-membered cyclic amide) rings is 1. The van der Waals surface area contributed by atoms with Crippen LogP contribution in [0.4, 0.5) is 11.4 Å². The van der Waals surface area contributed by atoms with Crippen molar-refractivity contribution < 1.29 is 14.4 Å². The summed E-state index contributed by atoms with van der Waals surface area (Å²) < 4.78 is 1.51. The molecular weight excluding hydrogens is 525 g/mol. The summed E-state index contributed by atoms with van der Waals surface area (Å²) in [6.07, 6.45) is 5.55. The van der Waals surface area contributed by atoms with Gasteiger partial charge in [-0.3, -0.25) is 19.3 Å². The number of hydrogen-bond donors (Lipinski definition) is 0. The van der Waals surface area contributed by atoms with E-state index in [9.17, 15) is 14.4 Å². The molecule has 2 aliphatic rings. The van der Waals surface area contributed by atoms with Gasteiger partial charge >= 0.3 is 0 Å². The van der Waals surface area contributed by atoms with Gasteiger partial charge in [-0.05, 0) is 48.0 Å². The van der Waals surface area contributed by atoms with Crippen molar-refractivity contribution in [1.82, 2.24) is 15.0 Å². The summed E-state index contributed by atoms with van der Waals surface area (Å²) in [5.74, 6) is -1.43. The number of hydrogen-bond acceptors (Lipinski definition) is 5. The first-order valence-corrected chi connectivity index (χ1v) is 12.5. The van der Waals surface area contributed by atoms with Gasteiger partial charge in [-0.15, -0.1) is 5.10 Å². The number of anilines is 2. The molecule has 188 valence electrons. The van der Waals surface area contributed by atoms with E-state index in [-0.39, 0.29) is 24.1 Å². The topological polar surface area (TPSA) is 88.4 Å². The smallest absolute Gasteiger partial charge is 0.299 e. The second-order valence-electron chi connectivity index (χ2n) is 8.96. The molecule has 0 N–H and O–H groups in total. The van der Waals surface area contributed by atoms with E-state index in [4.69, 9.17) is 23.2 Å². The van der Waals surface area contributed by atoms with Gasteiger partial charge in [-0.1, -0.05) is 70.9 Å². The molecule has 4 aromatic rings. The first kappa shape index (κ1) is 24.1. The number of carbonyl (C=O) groups excluding carboxylic acids is 3. The highest BCUT2D eigenvalue weighted by Gasteiger charge is 2.49. The van der Waals surface area contributed by atoms with Gasteiger partial charge in [0.1, 0.15) is 5.69 Å². The van der Waals surface area contributed by atoms with Crippen LogP contribution < -0.4 is 9.80 Å². The molecule has 6 rings (SSSR count).